The minimum atomic E-state index is -1.20. The molecule has 0 aromatic carbocycles. The standard InChI is InChI=1S/C10H10Cl2N4O3/c11-8-5-9(15-10(12)14-8)16(2-13-5)3-1-4(17)7(19)6(3)18/h2-4,6-7,17-19H,1H2/t3-,4+,6+,7-/m0/s1. The number of aliphatic hydroxyl groups is 3. The van der Waals surface area contributed by atoms with E-state index in [9.17, 15) is 15.3 Å². The molecule has 0 bridgehead atoms. The van der Waals surface area contributed by atoms with Crippen LogP contribution in [0.4, 0.5) is 0 Å². The van der Waals surface area contributed by atoms with Gasteiger partial charge in [-0.1, -0.05) is 11.6 Å². The summed E-state index contributed by atoms with van der Waals surface area (Å²) in [6.07, 6.45) is -1.69. The summed E-state index contributed by atoms with van der Waals surface area (Å²) in [5.41, 5.74) is 0.712. The van der Waals surface area contributed by atoms with E-state index in [0.29, 0.717) is 11.2 Å². The Bertz CT molecular complexity index is 635. The highest BCUT2D eigenvalue weighted by molar-refractivity contribution is 6.35. The van der Waals surface area contributed by atoms with Crippen molar-refractivity contribution in [2.45, 2.75) is 30.8 Å². The van der Waals surface area contributed by atoms with E-state index in [4.69, 9.17) is 23.2 Å². The second-order valence-electron chi connectivity index (χ2n) is 4.46. The van der Waals surface area contributed by atoms with Gasteiger partial charge in [0.2, 0.25) is 5.28 Å². The maximum atomic E-state index is 9.93. The molecule has 0 aliphatic heterocycles. The van der Waals surface area contributed by atoms with Gasteiger partial charge in [0.05, 0.1) is 18.5 Å². The minimum Gasteiger partial charge on any atom is -0.390 e. The second kappa shape index (κ2) is 4.53. The number of imidazole rings is 1. The lowest BCUT2D eigenvalue weighted by Gasteiger charge is -2.17. The molecule has 1 fully saturated rings. The Labute approximate surface area is 117 Å². The van der Waals surface area contributed by atoms with Crippen LogP contribution in [0.1, 0.15) is 12.5 Å². The van der Waals surface area contributed by atoms with Gasteiger partial charge in [-0.3, -0.25) is 0 Å². The van der Waals surface area contributed by atoms with Crippen molar-refractivity contribution in [2.24, 2.45) is 0 Å². The molecule has 1 aliphatic carbocycles. The van der Waals surface area contributed by atoms with Crippen LogP contribution in [0, 0.1) is 0 Å². The monoisotopic (exact) mass is 304 g/mol. The number of nitrogens with zero attached hydrogens (tertiary/aromatic N) is 4. The SMILES string of the molecule is O[C@@H]1[C@H](O)[C@@H](n2cnc3c(Cl)nc(Cl)nc32)C[C@H]1O. The summed E-state index contributed by atoms with van der Waals surface area (Å²) in [6, 6.07) is -0.544. The Morgan fingerprint density at radius 3 is 2.53 bits per heavy atom. The first-order valence-electron chi connectivity index (χ1n) is 5.59. The van der Waals surface area contributed by atoms with Crippen LogP contribution in [0.15, 0.2) is 6.33 Å². The molecule has 1 saturated carbocycles. The summed E-state index contributed by atoms with van der Waals surface area (Å²) in [5.74, 6) is 0. The normalized spacial score (nSPS) is 31.2. The van der Waals surface area contributed by atoms with Gasteiger partial charge in [-0.25, -0.2) is 9.97 Å². The molecule has 0 unspecified atom stereocenters. The molecule has 0 radical (unpaired) electrons. The van der Waals surface area contributed by atoms with E-state index in [1.807, 2.05) is 0 Å². The number of rotatable bonds is 1. The number of aliphatic hydroxyl groups excluding tert-OH is 3. The minimum absolute atomic E-state index is 0.0344. The van der Waals surface area contributed by atoms with Crippen LogP contribution in [0.3, 0.4) is 0 Å². The van der Waals surface area contributed by atoms with Gasteiger partial charge in [0.15, 0.2) is 10.8 Å². The van der Waals surface area contributed by atoms with Crippen LogP contribution in [0.25, 0.3) is 11.2 Å². The summed E-state index contributed by atoms with van der Waals surface area (Å²) in [4.78, 5) is 11.9. The molecule has 4 atom stereocenters. The van der Waals surface area contributed by atoms with Gasteiger partial charge in [-0.05, 0) is 18.0 Å². The van der Waals surface area contributed by atoms with Crippen molar-refractivity contribution in [1.29, 1.82) is 0 Å². The largest absolute Gasteiger partial charge is 0.390 e. The third-order valence-electron chi connectivity index (χ3n) is 3.33. The number of aromatic nitrogens is 4. The maximum absolute atomic E-state index is 9.93. The van der Waals surface area contributed by atoms with Gasteiger partial charge in [-0.15, -0.1) is 0 Å². The van der Waals surface area contributed by atoms with Gasteiger partial charge >= 0.3 is 0 Å². The summed E-state index contributed by atoms with van der Waals surface area (Å²) in [7, 11) is 0. The van der Waals surface area contributed by atoms with Crippen LogP contribution >= 0.6 is 23.2 Å². The van der Waals surface area contributed by atoms with E-state index >= 15 is 0 Å². The molecule has 0 spiro atoms. The van der Waals surface area contributed by atoms with Crippen molar-refractivity contribution in [2.75, 3.05) is 0 Å². The first-order chi connectivity index (χ1) is 8.99. The van der Waals surface area contributed by atoms with E-state index in [2.05, 4.69) is 15.0 Å². The van der Waals surface area contributed by atoms with Crippen LogP contribution in [0.2, 0.25) is 10.4 Å². The molecule has 19 heavy (non-hydrogen) atoms. The quantitative estimate of drug-likeness (QED) is 0.512. The fraction of sp³-hybridized carbons (Fsp3) is 0.500. The van der Waals surface area contributed by atoms with E-state index in [1.54, 1.807) is 4.57 Å². The predicted molar refractivity (Wildman–Crippen MR) is 67.0 cm³/mol. The van der Waals surface area contributed by atoms with E-state index in [-0.39, 0.29) is 16.9 Å². The number of fused-ring (bicyclic) bond motifs is 1. The first kappa shape index (κ1) is 13.0. The van der Waals surface area contributed by atoms with Crippen LogP contribution in [-0.2, 0) is 0 Å². The lowest BCUT2D eigenvalue weighted by molar-refractivity contribution is -0.0244. The van der Waals surface area contributed by atoms with Crippen molar-refractivity contribution >= 4 is 34.4 Å². The Morgan fingerprint density at radius 2 is 1.89 bits per heavy atom. The fourth-order valence-corrected chi connectivity index (χ4v) is 2.78. The summed E-state index contributed by atoms with van der Waals surface area (Å²) < 4.78 is 1.54. The molecule has 102 valence electrons. The zero-order chi connectivity index (χ0) is 13.7. The first-order valence-corrected chi connectivity index (χ1v) is 6.34. The molecule has 3 N–H and O–H groups in total. The van der Waals surface area contributed by atoms with Crippen molar-refractivity contribution in [3.05, 3.63) is 16.8 Å². The van der Waals surface area contributed by atoms with Crippen molar-refractivity contribution < 1.29 is 15.3 Å². The van der Waals surface area contributed by atoms with Crippen LogP contribution in [-0.4, -0.2) is 53.2 Å². The van der Waals surface area contributed by atoms with E-state index in [1.165, 1.54) is 6.33 Å². The molecular weight excluding hydrogens is 295 g/mol. The third-order valence-corrected chi connectivity index (χ3v) is 3.76. The zero-order valence-electron chi connectivity index (χ0n) is 9.48. The number of halogens is 2. The zero-order valence-corrected chi connectivity index (χ0v) is 11.0. The molecule has 2 heterocycles. The van der Waals surface area contributed by atoms with Gasteiger partial charge < -0.3 is 19.9 Å². The van der Waals surface area contributed by atoms with Crippen LogP contribution < -0.4 is 0 Å². The van der Waals surface area contributed by atoms with Crippen molar-refractivity contribution in [3.63, 3.8) is 0 Å². The molecule has 7 nitrogen and oxygen atoms in total. The highest BCUT2D eigenvalue weighted by Gasteiger charge is 2.42. The van der Waals surface area contributed by atoms with Crippen molar-refractivity contribution in [3.8, 4) is 0 Å². The summed E-state index contributed by atoms with van der Waals surface area (Å²) in [6.45, 7) is 0. The van der Waals surface area contributed by atoms with E-state index in [0.717, 1.165) is 0 Å². The van der Waals surface area contributed by atoms with Crippen molar-refractivity contribution in [1.82, 2.24) is 19.5 Å². The van der Waals surface area contributed by atoms with E-state index < -0.39 is 24.4 Å². The summed E-state index contributed by atoms with van der Waals surface area (Å²) >= 11 is 11.6. The average molecular weight is 305 g/mol. The molecule has 0 amide bonds. The van der Waals surface area contributed by atoms with Gasteiger partial charge in [0, 0.05) is 0 Å². The Hall–Kier alpha value is -0.990. The van der Waals surface area contributed by atoms with Gasteiger partial charge in [0.1, 0.15) is 17.7 Å². The summed E-state index contributed by atoms with van der Waals surface area (Å²) in [5, 5.41) is 29.2. The van der Waals surface area contributed by atoms with Gasteiger partial charge in [0.25, 0.3) is 0 Å². The Kier molecular flexibility index (Phi) is 3.11. The smallest absolute Gasteiger partial charge is 0.225 e. The molecule has 9 heteroatoms. The fourth-order valence-electron chi connectivity index (χ4n) is 2.36. The Morgan fingerprint density at radius 1 is 1.16 bits per heavy atom. The lowest BCUT2D eigenvalue weighted by Crippen LogP contribution is -2.31. The van der Waals surface area contributed by atoms with Crippen LogP contribution in [0.5, 0.6) is 0 Å². The average Bonchev–Trinajstić information content (AvgIpc) is 2.86. The molecule has 2 aromatic heterocycles. The topological polar surface area (TPSA) is 104 Å². The number of hydrogen-bond acceptors (Lipinski definition) is 6. The molecule has 1 aliphatic rings. The molecule has 3 rings (SSSR count). The third kappa shape index (κ3) is 1.98. The lowest BCUT2D eigenvalue weighted by atomic mass is 10.2. The predicted octanol–water partition coefficient (Wildman–Crippen LogP) is 0.161. The number of hydrogen-bond donors (Lipinski definition) is 3. The van der Waals surface area contributed by atoms with Gasteiger partial charge in [-0.2, -0.15) is 4.98 Å². The molecule has 0 saturated heterocycles. The second-order valence-corrected chi connectivity index (χ2v) is 5.16. The Balaban J connectivity index is 2.11. The maximum Gasteiger partial charge on any atom is 0.225 e. The highest BCUT2D eigenvalue weighted by atomic mass is 35.5. The molecular formula is C10H10Cl2N4O3. The molecule has 2 aromatic rings. The highest BCUT2D eigenvalue weighted by Crippen LogP contribution is 2.33.